The zero-order valence-corrected chi connectivity index (χ0v) is 7.22. The summed E-state index contributed by atoms with van der Waals surface area (Å²) < 4.78 is 0. The van der Waals surface area contributed by atoms with Gasteiger partial charge in [-0.25, -0.2) is 0 Å². The van der Waals surface area contributed by atoms with Crippen molar-refractivity contribution < 1.29 is 5.11 Å². The number of likely N-dealkylation sites (N-methyl/N-ethyl adjacent to an activating group) is 1. The van der Waals surface area contributed by atoms with Crippen molar-refractivity contribution >= 4 is 0 Å². The zero-order valence-electron chi connectivity index (χ0n) is 7.22. The van der Waals surface area contributed by atoms with E-state index in [2.05, 4.69) is 19.2 Å². The van der Waals surface area contributed by atoms with Crippen LogP contribution in [0.3, 0.4) is 0 Å². The Morgan fingerprint density at radius 1 is 1.50 bits per heavy atom. The molecule has 0 aliphatic heterocycles. The number of nitrogens with one attached hydrogen (secondary N) is 1. The van der Waals surface area contributed by atoms with Crippen LogP contribution in [0.25, 0.3) is 0 Å². The van der Waals surface area contributed by atoms with Crippen LogP contribution < -0.4 is 5.32 Å². The SMILES string of the molecule is CCCC(C)C(O)CNC. The van der Waals surface area contributed by atoms with Crippen molar-refractivity contribution in [3.8, 4) is 0 Å². The number of aliphatic hydroxyl groups excluding tert-OH is 1. The van der Waals surface area contributed by atoms with E-state index in [1.54, 1.807) is 0 Å². The maximum Gasteiger partial charge on any atom is 0.0689 e. The molecule has 0 radical (unpaired) electrons. The molecule has 2 nitrogen and oxygen atoms in total. The Kier molecular flexibility index (Phi) is 5.64. The lowest BCUT2D eigenvalue weighted by Crippen LogP contribution is -2.29. The van der Waals surface area contributed by atoms with E-state index < -0.39 is 0 Å². The van der Waals surface area contributed by atoms with Gasteiger partial charge in [-0.15, -0.1) is 0 Å². The van der Waals surface area contributed by atoms with Crippen molar-refractivity contribution in [2.75, 3.05) is 13.6 Å². The van der Waals surface area contributed by atoms with Gasteiger partial charge in [0.05, 0.1) is 6.10 Å². The summed E-state index contributed by atoms with van der Waals surface area (Å²) in [5.41, 5.74) is 0. The molecule has 0 spiro atoms. The Bertz CT molecular complexity index is 65.7. The van der Waals surface area contributed by atoms with Gasteiger partial charge in [-0.05, 0) is 19.4 Å². The van der Waals surface area contributed by atoms with Crippen molar-refractivity contribution in [2.24, 2.45) is 5.92 Å². The maximum absolute atomic E-state index is 9.39. The van der Waals surface area contributed by atoms with E-state index in [-0.39, 0.29) is 6.10 Å². The Labute approximate surface area is 63.6 Å². The molecule has 0 aliphatic rings. The minimum absolute atomic E-state index is 0.176. The van der Waals surface area contributed by atoms with E-state index in [0.29, 0.717) is 12.5 Å². The van der Waals surface area contributed by atoms with Gasteiger partial charge in [0.2, 0.25) is 0 Å². The molecule has 2 atom stereocenters. The zero-order chi connectivity index (χ0) is 7.98. The van der Waals surface area contributed by atoms with Crippen LogP contribution in [0.15, 0.2) is 0 Å². The number of hydrogen-bond donors (Lipinski definition) is 2. The third-order valence-corrected chi connectivity index (χ3v) is 1.81. The topological polar surface area (TPSA) is 32.3 Å². The molecule has 62 valence electrons. The molecule has 0 aromatic heterocycles. The Balaban J connectivity index is 3.38. The first-order valence-electron chi connectivity index (χ1n) is 4.05. The van der Waals surface area contributed by atoms with E-state index in [4.69, 9.17) is 0 Å². The first kappa shape index (κ1) is 9.92. The Hall–Kier alpha value is -0.0800. The van der Waals surface area contributed by atoms with Gasteiger partial charge in [0, 0.05) is 6.54 Å². The fraction of sp³-hybridized carbons (Fsp3) is 1.00. The van der Waals surface area contributed by atoms with Crippen LogP contribution in [0.4, 0.5) is 0 Å². The second kappa shape index (κ2) is 5.69. The van der Waals surface area contributed by atoms with Crippen molar-refractivity contribution in [2.45, 2.75) is 32.8 Å². The highest BCUT2D eigenvalue weighted by Gasteiger charge is 2.10. The van der Waals surface area contributed by atoms with Gasteiger partial charge in [-0.2, -0.15) is 0 Å². The molecule has 0 saturated heterocycles. The summed E-state index contributed by atoms with van der Waals surface area (Å²) in [5, 5.41) is 12.3. The monoisotopic (exact) mass is 145 g/mol. The Morgan fingerprint density at radius 3 is 2.50 bits per heavy atom. The van der Waals surface area contributed by atoms with Crippen molar-refractivity contribution in [3.63, 3.8) is 0 Å². The summed E-state index contributed by atoms with van der Waals surface area (Å²) in [7, 11) is 1.86. The van der Waals surface area contributed by atoms with Crippen molar-refractivity contribution in [1.29, 1.82) is 0 Å². The fourth-order valence-electron chi connectivity index (χ4n) is 1.06. The Morgan fingerprint density at radius 2 is 2.10 bits per heavy atom. The molecule has 0 saturated carbocycles. The van der Waals surface area contributed by atoms with Gasteiger partial charge in [0.25, 0.3) is 0 Å². The van der Waals surface area contributed by atoms with E-state index >= 15 is 0 Å². The lowest BCUT2D eigenvalue weighted by Gasteiger charge is -2.17. The average Bonchev–Trinajstić information content (AvgIpc) is 1.89. The highest BCUT2D eigenvalue weighted by molar-refractivity contribution is 4.64. The molecule has 0 rings (SSSR count). The van der Waals surface area contributed by atoms with Gasteiger partial charge in [-0.1, -0.05) is 20.3 Å². The highest BCUT2D eigenvalue weighted by atomic mass is 16.3. The summed E-state index contributed by atoms with van der Waals surface area (Å²) in [6.07, 6.45) is 2.09. The predicted octanol–water partition coefficient (Wildman–Crippen LogP) is 1.00. The molecule has 0 amide bonds. The lowest BCUT2D eigenvalue weighted by atomic mass is 10.00. The normalized spacial score (nSPS) is 16.8. The molecule has 2 heteroatoms. The average molecular weight is 145 g/mol. The van der Waals surface area contributed by atoms with Crippen LogP contribution >= 0.6 is 0 Å². The molecule has 10 heavy (non-hydrogen) atoms. The largest absolute Gasteiger partial charge is 0.392 e. The molecule has 2 unspecified atom stereocenters. The number of hydrogen-bond acceptors (Lipinski definition) is 2. The molecule has 0 bridgehead atoms. The van der Waals surface area contributed by atoms with Crippen molar-refractivity contribution in [1.82, 2.24) is 5.32 Å². The van der Waals surface area contributed by atoms with Gasteiger partial charge < -0.3 is 10.4 Å². The van der Waals surface area contributed by atoms with Crippen LogP contribution in [0.5, 0.6) is 0 Å². The first-order valence-corrected chi connectivity index (χ1v) is 4.05. The molecular formula is C8H19NO. The molecular weight excluding hydrogens is 126 g/mol. The smallest absolute Gasteiger partial charge is 0.0689 e. The van der Waals surface area contributed by atoms with Gasteiger partial charge in [0.15, 0.2) is 0 Å². The minimum Gasteiger partial charge on any atom is -0.392 e. The fourth-order valence-corrected chi connectivity index (χ4v) is 1.06. The van der Waals surface area contributed by atoms with E-state index in [1.165, 1.54) is 0 Å². The summed E-state index contributed by atoms with van der Waals surface area (Å²) in [5.74, 6) is 0.428. The van der Waals surface area contributed by atoms with Gasteiger partial charge in [-0.3, -0.25) is 0 Å². The summed E-state index contributed by atoms with van der Waals surface area (Å²) in [4.78, 5) is 0. The first-order chi connectivity index (χ1) is 4.72. The minimum atomic E-state index is -0.176. The molecule has 0 heterocycles. The predicted molar refractivity (Wildman–Crippen MR) is 44.0 cm³/mol. The van der Waals surface area contributed by atoms with Crippen molar-refractivity contribution in [3.05, 3.63) is 0 Å². The molecule has 0 fully saturated rings. The van der Waals surface area contributed by atoms with Crippen LogP contribution in [0.2, 0.25) is 0 Å². The van der Waals surface area contributed by atoms with E-state index in [1.807, 2.05) is 7.05 Å². The highest BCUT2D eigenvalue weighted by Crippen LogP contribution is 2.09. The molecule has 0 aliphatic carbocycles. The summed E-state index contributed by atoms with van der Waals surface area (Å²) >= 11 is 0. The summed E-state index contributed by atoms with van der Waals surface area (Å²) in [6.45, 7) is 4.94. The van der Waals surface area contributed by atoms with E-state index in [0.717, 1.165) is 12.8 Å². The van der Waals surface area contributed by atoms with E-state index in [9.17, 15) is 5.11 Å². The molecule has 0 aromatic carbocycles. The van der Waals surface area contributed by atoms with Crippen LogP contribution in [0, 0.1) is 5.92 Å². The standard InChI is InChI=1S/C8H19NO/c1-4-5-7(2)8(10)6-9-3/h7-10H,4-6H2,1-3H3. The molecule has 2 N–H and O–H groups in total. The van der Waals surface area contributed by atoms with Crippen LogP contribution in [-0.4, -0.2) is 24.8 Å². The number of rotatable bonds is 5. The molecule has 0 aromatic rings. The second-order valence-electron chi connectivity index (χ2n) is 2.89. The van der Waals surface area contributed by atoms with Crippen LogP contribution in [0.1, 0.15) is 26.7 Å². The third kappa shape index (κ3) is 3.85. The quantitative estimate of drug-likeness (QED) is 0.605. The van der Waals surface area contributed by atoms with Gasteiger partial charge >= 0.3 is 0 Å². The van der Waals surface area contributed by atoms with Gasteiger partial charge in [0.1, 0.15) is 0 Å². The third-order valence-electron chi connectivity index (χ3n) is 1.81. The second-order valence-corrected chi connectivity index (χ2v) is 2.89. The number of aliphatic hydroxyl groups is 1. The summed E-state index contributed by atoms with van der Waals surface area (Å²) in [6, 6.07) is 0. The van der Waals surface area contributed by atoms with Crippen LogP contribution in [-0.2, 0) is 0 Å². The lowest BCUT2D eigenvalue weighted by molar-refractivity contribution is 0.112. The maximum atomic E-state index is 9.39.